The molecule has 24 heavy (non-hydrogen) atoms. The number of nitrogens with zero attached hydrogens (tertiary/aromatic N) is 2. The average molecular weight is 326 g/mol. The first-order valence-electron chi connectivity index (χ1n) is 8.88. The fourth-order valence-electron chi connectivity index (χ4n) is 4.45. The second-order valence-electron chi connectivity index (χ2n) is 7.18. The van der Waals surface area contributed by atoms with Crippen LogP contribution < -0.4 is 0 Å². The smallest absolute Gasteiger partial charge is 0.262 e. The summed E-state index contributed by atoms with van der Waals surface area (Å²) in [6, 6.07) is 6.77. The molecule has 126 valence electrons. The molecule has 1 saturated heterocycles. The zero-order valence-electron chi connectivity index (χ0n) is 13.7. The lowest BCUT2D eigenvalue weighted by Gasteiger charge is -2.41. The van der Waals surface area contributed by atoms with Crippen LogP contribution in [0.25, 0.3) is 0 Å². The Kier molecular flexibility index (Phi) is 3.87. The van der Waals surface area contributed by atoms with Gasteiger partial charge in [0.2, 0.25) is 5.91 Å². The number of rotatable bonds is 2. The zero-order valence-corrected chi connectivity index (χ0v) is 13.7. The maximum Gasteiger partial charge on any atom is 0.262 e. The van der Waals surface area contributed by atoms with E-state index in [4.69, 9.17) is 0 Å². The first-order valence-corrected chi connectivity index (χ1v) is 8.88. The van der Waals surface area contributed by atoms with E-state index in [1.165, 1.54) is 25.7 Å². The lowest BCUT2D eigenvalue weighted by Crippen LogP contribution is -2.49. The minimum atomic E-state index is -0.350. The zero-order chi connectivity index (χ0) is 16.7. The summed E-state index contributed by atoms with van der Waals surface area (Å²) in [6.07, 6.45) is 6.09. The molecule has 2 atom stereocenters. The largest absolute Gasteiger partial charge is 0.341 e. The number of carbonyl (C=O) groups excluding carboxylic acids is 3. The summed E-state index contributed by atoms with van der Waals surface area (Å²) in [5.41, 5.74) is 0.808. The maximum absolute atomic E-state index is 12.7. The van der Waals surface area contributed by atoms with Crippen LogP contribution in [0.1, 0.15) is 52.8 Å². The Labute approximate surface area is 141 Å². The molecule has 4 rings (SSSR count). The molecule has 3 aliphatic rings. The van der Waals surface area contributed by atoms with Crippen molar-refractivity contribution in [1.82, 2.24) is 9.80 Å². The van der Waals surface area contributed by atoms with E-state index in [0.29, 0.717) is 17.0 Å². The van der Waals surface area contributed by atoms with Crippen molar-refractivity contribution in [1.29, 1.82) is 0 Å². The molecule has 0 bridgehead atoms. The highest BCUT2D eigenvalue weighted by molar-refractivity contribution is 6.22. The van der Waals surface area contributed by atoms with E-state index in [9.17, 15) is 14.4 Å². The Hall–Kier alpha value is -2.17. The summed E-state index contributed by atoms with van der Waals surface area (Å²) in [5, 5.41) is 0. The Morgan fingerprint density at radius 2 is 1.58 bits per heavy atom. The molecule has 1 aromatic rings. The van der Waals surface area contributed by atoms with Crippen molar-refractivity contribution in [3.8, 4) is 0 Å². The summed E-state index contributed by atoms with van der Waals surface area (Å²) in [7, 11) is 0. The van der Waals surface area contributed by atoms with Crippen molar-refractivity contribution in [2.75, 3.05) is 19.6 Å². The topological polar surface area (TPSA) is 57.7 Å². The molecule has 2 heterocycles. The van der Waals surface area contributed by atoms with Crippen molar-refractivity contribution in [2.45, 2.75) is 32.1 Å². The molecule has 2 unspecified atom stereocenters. The van der Waals surface area contributed by atoms with E-state index in [0.717, 1.165) is 30.3 Å². The molecule has 5 nitrogen and oxygen atoms in total. The summed E-state index contributed by atoms with van der Waals surface area (Å²) in [4.78, 5) is 40.4. The highest BCUT2D eigenvalue weighted by Crippen LogP contribution is 2.36. The van der Waals surface area contributed by atoms with Crippen molar-refractivity contribution in [2.24, 2.45) is 11.8 Å². The predicted octanol–water partition coefficient (Wildman–Crippen LogP) is 2.32. The number of hydrogen-bond donors (Lipinski definition) is 0. The third kappa shape index (κ3) is 2.52. The van der Waals surface area contributed by atoms with Gasteiger partial charge in [-0.15, -0.1) is 0 Å². The summed E-state index contributed by atoms with van der Waals surface area (Å²) < 4.78 is 0. The Bertz CT molecular complexity index is 665. The molecular formula is C19H22N2O3. The highest BCUT2D eigenvalue weighted by atomic mass is 16.2. The predicted molar refractivity (Wildman–Crippen MR) is 88.5 cm³/mol. The van der Waals surface area contributed by atoms with Gasteiger partial charge in [0.1, 0.15) is 6.54 Å². The third-order valence-corrected chi connectivity index (χ3v) is 5.82. The van der Waals surface area contributed by atoms with Crippen molar-refractivity contribution in [3.63, 3.8) is 0 Å². The van der Waals surface area contributed by atoms with E-state index in [1.54, 1.807) is 24.3 Å². The van der Waals surface area contributed by atoms with Crippen molar-refractivity contribution < 1.29 is 14.4 Å². The van der Waals surface area contributed by atoms with Crippen molar-refractivity contribution >= 4 is 17.7 Å². The Balaban J connectivity index is 1.44. The standard InChI is InChI=1S/C19H22N2O3/c22-17(20-10-9-13-5-1-2-6-14(13)11-20)12-21-18(23)15-7-3-4-8-16(15)19(21)24/h3-4,7-8,13-14H,1-2,5-6,9-12H2. The molecule has 0 aromatic heterocycles. The van der Waals surface area contributed by atoms with Gasteiger partial charge in [-0.25, -0.2) is 0 Å². The second kappa shape index (κ2) is 6.04. The van der Waals surface area contributed by atoms with Crippen LogP contribution in [0.4, 0.5) is 0 Å². The van der Waals surface area contributed by atoms with Gasteiger partial charge in [-0.3, -0.25) is 19.3 Å². The fraction of sp³-hybridized carbons (Fsp3) is 0.526. The number of carbonyl (C=O) groups is 3. The first kappa shape index (κ1) is 15.4. The summed E-state index contributed by atoms with van der Waals surface area (Å²) >= 11 is 0. The molecule has 2 fully saturated rings. The molecular weight excluding hydrogens is 304 g/mol. The monoisotopic (exact) mass is 326 g/mol. The van der Waals surface area contributed by atoms with Gasteiger partial charge in [-0.1, -0.05) is 31.4 Å². The average Bonchev–Trinajstić information content (AvgIpc) is 2.86. The van der Waals surface area contributed by atoms with Crippen LogP contribution in [0.15, 0.2) is 24.3 Å². The van der Waals surface area contributed by atoms with Gasteiger partial charge in [-0.2, -0.15) is 0 Å². The van der Waals surface area contributed by atoms with Gasteiger partial charge in [0.25, 0.3) is 11.8 Å². The first-order chi connectivity index (χ1) is 11.6. The van der Waals surface area contributed by atoms with Crippen LogP contribution in [0.3, 0.4) is 0 Å². The van der Waals surface area contributed by atoms with E-state index in [-0.39, 0.29) is 24.3 Å². The molecule has 2 aliphatic heterocycles. The summed E-state index contributed by atoms with van der Waals surface area (Å²) in [5.74, 6) is 0.544. The van der Waals surface area contributed by atoms with E-state index >= 15 is 0 Å². The molecule has 0 N–H and O–H groups in total. The quantitative estimate of drug-likeness (QED) is 0.784. The van der Waals surface area contributed by atoms with Crippen LogP contribution in [-0.4, -0.2) is 47.2 Å². The number of piperidine rings is 1. The highest BCUT2D eigenvalue weighted by Gasteiger charge is 2.38. The third-order valence-electron chi connectivity index (χ3n) is 5.82. The van der Waals surface area contributed by atoms with Gasteiger partial charge in [-0.05, 0) is 36.8 Å². The van der Waals surface area contributed by atoms with Gasteiger partial charge in [0, 0.05) is 13.1 Å². The minimum Gasteiger partial charge on any atom is -0.341 e. The normalized spacial score (nSPS) is 26.3. The molecule has 1 aromatic carbocycles. The molecule has 3 amide bonds. The molecule has 5 heteroatoms. The molecule has 1 saturated carbocycles. The van der Waals surface area contributed by atoms with E-state index < -0.39 is 0 Å². The lowest BCUT2D eigenvalue weighted by atomic mass is 9.75. The number of imide groups is 1. The Morgan fingerprint density at radius 3 is 2.25 bits per heavy atom. The van der Waals surface area contributed by atoms with Crippen LogP contribution in [0, 0.1) is 11.8 Å². The van der Waals surface area contributed by atoms with Crippen LogP contribution >= 0.6 is 0 Å². The van der Waals surface area contributed by atoms with Crippen LogP contribution in [0.2, 0.25) is 0 Å². The molecule has 1 aliphatic carbocycles. The Morgan fingerprint density at radius 1 is 0.958 bits per heavy atom. The fourth-order valence-corrected chi connectivity index (χ4v) is 4.45. The maximum atomic E-state index is 12.7. The number of benzene rings is 1. The van der Waals surface area contributed by atoms with Crippen LogP contribution in [-0.2, 0) is 4.79 Å². The lowest BCUT2D eigenvalue weighted by molar-refractivity contribution is -0.134. The van der Waals surface area contributed by atoms with Crippen LogP contribution in [0.5, 0.6) is 0 Å². The van der Waals surface area contributed by atoms with Gasteiger partial charge in [0.15, 0.2) is 0 Å². The van der Waals surface area contributed by atoms with Gasteiger partial charge < -0.3 is 4.90 Å². The van der Waals surface area contributed by atoms with E-state index in [1.807, 2.05) is 4.90 Å². The van der Waals surface area contributed by atoms with Gasteiger partial charge in [0.05, 0.1) is 11.1 Å². The van der Waals surface area contributed by atoms with Crippen molar-refractivity contribution in [3.05, 3.63) is 35.4 Å². The molecule has 0 radical (unpaired) electrons. The second-order valence-corrected chi connectivity index (χ2v) is 7.18. The number of fused-ring (bicyclic) bond motifs is 2. The van der Waals surface area contributed by atoms with E-state index in [2.05, 4.69) is 0 Å². The number of amides is 3. The minimum absolute atomic E-state index is 0.103. The van der Waals surface area contributed by atoms with Gasteiger partial charge >= 0.3 is 0 Å². The molecule has 0 spiro atoms. The number of hydrogen-bond acceptors (Lipinski definition) is 3. The summed E-state index contributed by atoms with van der Waals surface area (Å²) in [6.45, 7) is 1.40. The number of likely N-dealkylation sites (tertiary alicyclic amines) is 1. The SMILES string of the molecule is O=C(CN1C(=O)c2ccccc2C1=O)N1CCC2CCCCC2C1.